The number of amides is 1. The van der Waals surface area contributed by atoms with E-state index in [1.54, 1.807) is 0 Å². The Morgan fingerprint density at radius 2 is 2.00 bits per heavy atom. The minimum absolute atomic E-state index is 0.0504. The molecule has 3 atom stereocenters. The maximum atomic E-state index is 12.4. The van der Waals surface area contributed by atoms with E-state index in [2.05, 4.69) is 24.5 Å². The molecule has 0 spiro atoms. The van der Waals surface area contributed by atoms with Crippen molar-refractivity contribution in [2.24, 2.45) is 0 Å². The Bertz CT molecular complexity index is 470. The first-order valence-electron chi connectivity index (χ1n) is 7.12. The molecule has 2 N–H and O–H groups in total. The van der Waals surface area contributed by atoms with Crippen LogP contribution in [0.25, 0.3) is 0 Å². The minimum atomic E-state index is 0.0504. The van der Waals surface area contributed by atoms with E-state index in [1.807, 2.05) is 32.0 Å². The number of hydrogen-bond acceptors (Lipinski definition) is 2. The molecule has 3 heteroatoms. The first kappa shape index (κ1) is 14.1. The van der Waals surface area contributed by atoms with Gasteiger partial charge in [-0.2, -0.15) is 0 Å². The molecule has 19 heavy (non-hydrogen) atoms. The van der Waals surface area contributed by atoms with Crippen molar-refractivity contribution in [1.82, 2.24) is 10.6 Å². The number of carbonyl (C=O) groups excluding carboxylic acids is 1. The predicted molar refractivity (Wildman–Crippen MR) is 78.5 cm³/mol. The lowest BCUT2D eigenvalue weighted by atomic mass is 9.94. The first-order chi connectivity index (χ1) is 8.99. The van der Waals surface area contributed by atoms with Gasteiger partial charge in [0.2, 0.25) is 0 Å². The van der Waals surface area contributed by atoms with Crippen LogP contribution in [0, 0.1) is 13.8 Å². The number of nitrogens with one attached hydrogen (secondary N) is 2. The maximum Gasteiger partial charge on any atom is 0.251 e. The number of rotatable bonds is 2. The third-order valence-electron chi connectivity index (χ3n) is 4.23. The summed E-state index contributed by atoms with van der Waals surface area (Å²) < 4.78 is 0. The summed E-state index contributed by atoms with van der Waals surface area (Å²) in [5.41, 5.74) is 3.03. The van der Waals surface area contributed by atoms with E-state index in [-0.39, 0.29) is 11.9 Å². The van der Waals surface area contributed by atoms with Crippen LogP contribution in [0.4, 0.5) is 0 Å². The summed E-state index contributed by atoms with van der Waals surface area (Å²) in [4.78, 5) is 12.4. The van der Waals surface area contributed by atoms with Gasteiger partial charge in [0.25, 0.3) is 5.91 Å². The molecule has 0 bridgehead atoms. The van der Waals surface area contributed by atoms with Crippen molar-refractivity contribution >= 4 is 5.91 Å². The Morgan fingerprint density at radius 3 is 2.68 bits per heavy atom. The fourth-order valence-corrected chi connectivity index (χ4v) is 2.77. The van der Waals surface area contributed by atoms with Crippen LogP contribution < -0.4 is 10.6 Å². The second-order valence-electron chi connectivity index (χ2n) is 5.76. The van der Waals surface area contributed by atoms with Crippen LogP contribution in [-0.4, -0.2) is 24.0 Å². The van der Waals surface area contributed by atoms with E-state index < -0.39 is 0 Å². The summed E-state index contributed by atoms with van der Waals surface area (Å²) in [7, 11) is 0. The zero-order valence-electron chi connectivity index (χ0n) is 12.3. The Balaban J connectivity index is 2.07. The number of hydrogen-bond donors (Lipinski definition) is 2. The molecular formula is C16H24N2O. The van der Waals surface area contributed by atoms with Gasteiger partial charge in [-0.1, -0.05) is 12.1 Å². The summed E-state index contributed by atoms with van der Waals surface area (Å²) in [5.74, 6) is 0.0504. The van der Waals surface area contributed by atoms with Crippen LogP contribution in [-0.2, 0) is 0 Å². The van der Waals surface area contributed by atoms with Crippen molar-refractivity contribution in [3.8, 4) is 0 Å². The summed E-state index contributed by atoms with van der Waals surface area (Å²) in [6.07, 6.45) is 2.16. The first-order valence-corrected chi connectivity index (χ1v) is 7.12. The molecular weight excluding hydrogens is 236 g/mol. The highest BCUT2D eigenvalue weighted by molar-refractivity contribution is 5.96. The largest absolute Gasteiger partial charge is 0.348 e. The van der Waals surface area contributed by atoms with E-state index in [0.29, 0.717) is 12.1 Å². The lowest BCUT2D eigenvalue weighted by molar-refractivity contribution is 0.0913. The molecule has 1 aromatic rings. The van der Waals surface area contributed by atoms with Crippen molar-refractivity contribution in [2.75, 3.05) is 0 Å². The van der Waals surface area contributed by atoms with Gasteiger partial charge in [-0.3, -0.25) is 4.79 Å². The van der Waals surface area contributed by atoms with Crippen molar-refractivity contribution in [1.29, 1.82) is 0 Å². The van der Waals surface area contributed by atoms with Gasteiger partial charge in [-0.15, -0.1) is 0 Å². The van der Waals surface area contributed by atoms with Crippen LogP contribution in [0.3, 0.4) is 0 Å². The molecule has 2 rings (SSSR count). The molecule has 1 aromatic carbocycles. The molecule has 1 fully saturated rings. The monoisotopic (exact) mass is 260 g/mol. The molecule has 1 amide bonds. The molecule has 1 aliphatic rings. The Morgan fingerprint density at radius 1 is 1.26 bits per heavy atom. The van der Waals surface area contributed by atoms with E-state index in [1.165, 1.54) is 0 Å². The van der Waals surface area contributed by atoms with Crippen molar-refractivity contribution in [3.63, 3.8) is 0 Å². The zero-order valence-corrected chi connectivity index (χ0v) is 12.3. The summed E-state index contributed by atoms with van der Waals surface area (Å²) in [5, 5.41) is 6.67. The fourth-order valence-electron chi connectivity index (χ4n) is 2.77. The second kappa shape index (κ2) is 5.74. The Kier molecular flexibility index (Phi) is 4.25. The van der Waals surface area contributed by atoms with Gasteiger partial charge in [0, 0.05) is 23.7 Å². The molecule has 1 aliphatic heterocycles. The molecule has 3 unspecified atom stereocenters. The fraction of sp³-hybridized carbons (Fsp3) is 0.562. The van der Waals surface area contributed by atoms with E-state index in [4.69, 9.17) is 0 Å². The SMILES string of the molecule is Cc1cccc(C(=O)NC2CCC(C)NC2C)c1C. The lowest BCUT2D eigenvalue weighted by Crippen LogP contribution is -2.54. The van der Waals surface area contributed by atoms with E-state index in [0.717, 1.165) is 29.5 Å². The van der Waals surface area contributed by atoms with Crippen molar-refractivity contribution < 1.29 is 4.79 Å². The summed E-state index contributed by atoms with van der Waals surface area (Å²) >= 11 is 0. The number of benzene rings is 1. The van der Waals surface area contributed by atoms with Crippen LogP contribution in [0.2, 0.25) is 0 Å². The van der Waals surface area contributed by atoms with Crippen LogP contribution in [0.5, 0.6) is 0 Å². The quantitative estimate of drug-likeness (QED) is 0.858. The molecule has 1 saturated heterocycles. The topological polar surface area (TPSA) is 41.1 Å². The van der Waals surface area contributed by atoms with Gasteiger partial charge < -0.3 is 10.6 Å². The number of piperidine rings is 1. The normalized spacial score (nSPS) is 27.1. The smallest absolute Gasteiger partial charge is 0.251 e. The molecule has 1 heterocycles. The van der Waals surface area contributed by atoms with Gasteiger partial charge in [-0.05, 0) is 57.7 Å². The van der Waals surface area contributed by atoms with Crippen molar-refractivity contribution in [2.45, 2.75) is 58.7 Å². The second-order valence-corrected chi connectivity index (χ2v) is 5.76. The average Bonchev–Trinajstić information content (AvgIpc) is 2.36. The van der Waals surface area contributed by atoms with E-state index >= 15 is 0 Å². The van der Waals surface area contributed by atoms with Crippen LogP contribution in [0.15, 0.2) is 18.2 Å². The number of carbonyl (C=O) groups is 1. The molecule has 104 valence electrons. The highest BCUT2D eigenvalue weighted by atomic mass is 16.1. The standard InChI is InChI=1S/C16H24N2O/c1-10-6-5-7-14(12(10)3)16(19)18-15-9-8-11(2)17-13(15)4/h5-7,11,13,15,17H,8-9H2,1-4H3,(H,18,19). The van der Waals surface area contributed by atoms with Gasteiger partial charge >= 0.3 is 0 Å². The average molecular weight is 260 g/mol. The third kappa shape index (κ3) is 3.16. The Labute approximate surface area is 115 Å². The van der Waals surface area contributed by atoms with Crippen molar-refractivity contribution in [3.05, 3.63) is 34.9 Å². The van der Waals surface area contributed by atoms with Gasteiger partial charge in [0.05, 0.1) is 0 Å². The van der Waals surface area contributed by atoms with Gasteiger partial charge in [0.15, 0.2) is 0 Å². The molecule has 0 saturated carbocycles. The summed E-state index contributed by atoms with van der Waals surface area (Å²) in [6.45, 7) is 8.39. The lowest BCUT2D eigenvalue weighted by Gasteiger charge is -2.34. The number of aryl methyl sites for hydroxylation is 1. The van der Waals surface area contributed by atoms with Crippen LogP contribution in [0.1, 0.15) is 48.2 Å². The predicted octanol–water partition coefficient (Wildman–Crippen LogP) is 2.56. The maximum absolute atomic E-state index is 12.4. The minimum Gasteiger partial charge on any atom is -0.348 e. The van der Waals surface area contributed by atoms with Gasteiger partial charge in [0.1, 0.15) is 0 Å². The van der Waals surface area contributed by atoms with E-state index in [9.17, 15) is 4.79 Å². The summed E-state index contributed by atoms with van der Waals surface area (Å²) in [6, 6.07) is 6.99. The molecule has 3 nitrogen and oxygen atoms in total. The third-order valence-corrected chi connectivity index (χ3v) is 4.23. The highest BCUT2D eigenvalue weighted by Crippen LogP contribution is 2.16. The molecule has 0 radical (unpaired) electrons. The molecule has 0 aliphatic carbocycles. The molecule has 0 aromatic heterocycles. The zero-order chi connectivity index (χ0) is 14.0. The highest BCUT2D eigenvalue weighted by Gasteiger charge is 2.26. The van der Waals surface area contributed by atoms with Gasteiger partial charge in [-0.25, -0.2) is 0 Å². The Hall–Kier alpha value is -1.35. The van der Waals surface area contributed by atoms with Crippen LogP contribution >= 0.6 is 0 Å².